The van der Waals surface area contributed by atoms with Gasteiger partial charge in [0.2, 0.25) is 11.8 Å². The van der Waals surface area contributed by atoms with E-state index in [1.807, 2.05) is 20.8 Å². The van der Waals surface area contributed by atoms with Gasteiger partial charge >= 0.3 is 30.2 Å². The first-order chi connectivity index (χ1) is 39.7. The van der Waals surface area contributed by atoms with Crippen LogP contribution in [0.2, 0.25) is 0 Å². The Labute approximate surface area is 494 Å². The number of ketones is 1. The zero-order valence-electron chi connectivity index (χ0n) is 50.4. The minimum Gasteiger partial charge on any atom is -0.478 e. The van der Waals surface area contributed by atoms with E-state index >= 15 is 0 Å². The van der Waals surface area contributed by atoms with Gasteiger partial charge in [0.05, 0.1) is 34.7 Å². The lowest BCUT2D eigenvalue weighted by atomic mass is 10.0. The highest BCUT2D eigenvalue weighted by Gasteiger charge is 2.39. The number of nitrogen functional groups attached to an aromatic ring is 1. The number of aromatic carboxylic acids is 2. The third-order valence-corrected chi connectivity index (χ3v) is 14.1. The molecule has 3 aliphatic heterocycles. The smallest absolute Gasteiger partial charge is 0.410 e. The molecule has 3 atom stereocenters. The lowest BCUT2D eigenvalue weighted by molar-refractivity contribution is -0.121. The molecule has 3 saturated heterocycles. The van der Waals surface area contributed by atoms with Gasteiger partial charge in [-0.25, -0.2) is 29.0 Å². The second kappa shape index (κ2) is 27.1. The fourth-order valence-electron chi connectivity index (χ4n) is 9.80. The van der Waals surface area contributed by atoms with E-state index in [0.717, 1.165) is 12.8 Å². The van der Waals surface area contributed by atoms with Crippen LogP contribution in [0.4, 0.5) is 31.4 Å². The summed E-state index contributed by atoms with van der Waals surface area (Å²) in [6, 6.07) is 18.0. The van der Waals surface area contributed by atoms with Crippen LogP contribution in [0, 0.1) is 20.8 Å². The number of H-pyrrole nitrogens is 1. The number of anilines is 3. The standard InChI is InChI=1S/C36H46N6O7.C18H24N2O5.C8H9NO2/c1-21-23(11-8-12-24(21)40-32(45)28-14-10-18-42(28)34(47)49-36(5,6)7)31(44)37-20-29(43)22-15-16-25-26(19-22)39-30(38-25)27-13-9-17-41(27)33(46)48-35(2,3)4;1-11-12(16(22)23)7-5-8-13(11)19-15(21)14-9-6-10-20(14)17(24)25-18(2,3)4;1-5-6(8(10)11)3-2-4-7(5)9/h8,11-12,15-16,19,27-28H,9-10,13-14,17-18,20H2,1-7H3,(H,37,44)(H,38,39)(H,40,45);5,7-8,14H,6,9-10H2,1-4H3,(H,19,21)(H,22,23);2-4H,9H2,1H3,(H,10,11)/t27-,28-;14-;/m00./s1. The number of carbonyl (C=O) groups excluding carboxylic acids is 7. The molecule has 8 rings (SSSR count). The summed E-state index contributed by atoms with van der Waals surface area (Å²) in [6.45, 7) is 22.4. The number of aromatic amines is 1. The molecular formula is C62H79N9O14. The van der Waals surface area contributed by atoms with Crippen LogP contribution in [0.1, 0.15) is 171 Å². The Bertz CT molecular complexity index is 3350. The monoisotopic (exact) mass is 1170 g/mol. The van der Waals surface area contributed by atoms with E-state index in [4.69, 9.17) is 25.1 Å². The molecule has 0 saturated carbocycles. The van der Waals surface area contributed by atoms with Gasteiger partial charge in [-0.3, -0.25) is 33.9 Å². The quantitative estimate of drug-likeness (QED) is 0.0367. The van der Waals surface area contributed by atoms with Crippen molar-refractivity contribution >= 4 is 81.8 Å². The van der Waals surface area contributed by atoms with Gasteiger partial charge in [0, 0.05) is 47.8 Å². The Morgan fingerprint density at radius 1 is 0.588 bits per heavy atom. The van der Waals surface area contributed by atoms with Gasteiger partial charge in [0.1, 0.15) is 34.7 Å². The van der Waals surface area contributed by atoms with Crippen LogP contribution >= 0.6 is 0 Å². The van der Waals surface area contributed by atoms with Crippen LogP contribution in [0.15, 0.2) is 72.8 Å². The van der Waals surface area contributed by atoms with Crippen molar-refractivity contribution in [1.82, 2.24) is 30.0 Å². The number of nitrogens with two attached hydrogens (primary N) is 1. The summed E-state index contributed by atoms with van der Waals surface area (Å²) in [7, 11) is 0. The van der Waals surface area contributed by atoms with Gasteiger partial charge < -0.3 is 51.1 Å². The third-order valence-electron chi connectivity index (χ3n) is 14.1. The topological polar surface area (TPSA) is 322 Å². The van der Waals surface area contributed by atoms with Gasteiger partial charge in [-0.15, -0.1) is 0 Å². The summed E-state index contributed by atoms with van der Waals surface area (Å²) in [5.41, 5.74) is 9.00. The van der Waals surface area contributed by atoms with E-state index in [1.165, 1.54) is 21.9 Å². The lowest BCUT2D eigenvalue weighted by Crippen LogP contribution is -2.45. The number of hydrogen-bond donors (Lipinski definition) is 7. The number of nitrogens with zero attached hydrogens (tertiary/aromatic N) is 4. The van der Waals surface area contributed by atoms with E-state index in [9.17, 15) is 48.3 Å². The van der Waals surface area contributed by atoms with Crippen molar-refractivity contribution < 1.29 is 67.6 Å². The van der Waals surface area contributed by atoms with Gasteiger partial charge in [-0.05, 0) is 193 Å². The van der Waals surface area contributed by atoms with Gasteiger partial charge in [-0.2, -0.15) is 0 Å². The number of imidazole rings is 1. The number of rotatable bonds is 11. The average molecular weight is 1170 g/mol. The molecule has 4 heterocycles. The van der Waals surface area contributed by atoms with Gasteiger partial charge in [0.25, 0.3) is 5.91 Å². The van der Waals surface area contributed by atoms with E-state index in [2.05, 4.69) is 25.9 Å². The third kappa shape index (κ3) is 17.3. The normalized spacial score (nSPS) is 16.7. The number of Topliss-reactive ketones (excluding diaryl/α,β-unsaturated/α-hetero) is 1. The number of carboxylic acids is 2. The molecule has 0 unspecified atom stereocenters. The SMILES string of the molecule is Cc1c(N)cccc1C(=O)O.Cc1c(NC(=O)[C@@H]2CCCN2C(=O)OC(C)(C)C)cccc1C(=O)NCC(=O)c1ccc2nc([C@@H]3CCCN3C(=O)OC(C)(C)C)[nH]c2c1.Cc1c(NC(=O)[C@@H]2CCCN2C(=O)OC(C)(C)C)cccc1C(=O)O. The summed E-state index contributed by atoms with van der Waals surface area (Å²) in [5.74, 6) is -2.82. The number of benzene rings is 4. The zero-order valence-corrected chi connectivity index (χ0v) is 50.4. The Balaban J connectivity index is 0.000000264. The minimum atomic E-state index is -1.05. The number of nitrogens with one attached hydrogen (secondary N) is 4. The first-order valence-electron chi connectivity index (χ1n) is 28.2. The molecule has 5 aromatic rings. The van der Waals surface area contributed by atoms with Crippen LogP contribution in [0.3, 0.4) is 0 Å². The average Bonchev–Trinajstić information content (AvgIpc) is 2.48. The fourth-order valence-corrected chi connectivity index (χ4v) is 9.80. The Morgan fingerprint density at radius 3 is 1.51 bits per heavy atom. The van der Waals surface area contributed by atoms with E-state index < -0.39 is 58.9 Å². The number of carbonyl (C=O) groups is 9. The first kappa shape index (κ1) is 65.1. The van der Waals surface area contributed by atoms with Crippen molar-refractivity contribution in [2.75, 3.05) is 42.5 Å². The van der Waals surface area contributed by atoms with E-state index in [1.54, 1.807) is 128 Å². The summed E-state index contributed by atoms with van der Waals surface area (Å²) >= 11 is 0. The Kier molecular flexibility index (Phi) is 20.8. The zero-order chi connectivity index (χ0) is 62.9. The Morgan fingerprint density at radius 2 is 1.02 bits per heavy atom. The number of fused-ring (bicyclic) bond motifs is 1. The lowest BCUT2D eigenvalue weighted by Gasteiger charge is -2.28. The fraction of sp³-hybridized carbons (Fsp3) is 0.452. The molecule has 23 nitrogen and oxygen atoms in total. The molecule has 0 spiro atoms. The van der Waals surface area contributed by atoms with Crippen molar-refractivity contribution in [3.8, 4) is 0 Å². The maximum atomic E-state index is 13.2. The number of likely N-dealkylation sites (tertiary alicyclic amines) is 3. The molecule has 8 N–H and O–H groups in total. The van der Waals surface area contributed by atoms with Crippen LogP contribution in [-0.2, 0) is 23.8 Å². The van der Waals surface area contributed by atoms with E-state index in [-0.39, 0.29) is 47.4 Å². The molecular weight excluding hydrogens is 1090 g/mol. The van der Waals surface area contributed by atoms with Crippen molar-refractivity contribution in [3.63, 3.8) is 0 Å². The van der Waals surface area contributed by atoms with Crippen LogP contribution in [-0.4, -0.2) is 144 Å². The molecule has 0 bridgehead atoms. The van der Waals surface area contributed by atoms with Crippen molar-refractivity contribution in [2.24, 2.45) is 0 Å². The molecule has 0 radical (unpaired) electrons. The van der Waals surface area contributed by atoms with Crippen LogP contribution in [0.5, 0.6) is 0 Å². The second-order valence-corrected chi connectivity index (χ2v) is 24.0. The maximum Gasteiger partial charge on any atom is 0.410 e. The number of carboxylic acid groups (broad SMARTS) is 2. The van der Waals surface area contributed by atoms with E-state index in [0.29, 0.717) is 107 Å². The molecule has 3 aliphatic rings. The largest absolute Gasteiger partial charge is 0.478 e. The summed E-state index contributed by atoms with van der Waals surface area (Å²) in [4.78, 5) is 124. The molecule has 85 heavy (non-hydrogen) atoms. The highest BCUT2D eigenvalue weighted by atomic mass is 16.6. The summed E-state index contributed by atoms with van der Waals surface area (Å²) in [5, 5.41) is 26.1. The summed E-state index contributed by atoms with van der Waals surface area (Å²) < 4.78 is 16.4. The first-order valence-corrected chi connectivity index (χ1v) is 28.2. The van der Waals surface area contributed by atoms with Crippen molar-refractivity contribution in [2.45, 2.75) is 157 Å². The molecule has 1 aromatic heterocycles. The van der Waals surface area contributed by atoms with Crippen LogP contribution in [0.25, 0.3) is 11.0 Å². The molecule has 4 aromatic carbocycles. The molecule has 3 fully saturated rings. The molecule has 6 amide bonds. The second-order valence-electron chi connectivity index (χ2n) is 24.0. The number of hydrogen-bond acceptors (Lipinski definition) is 14. The maximum absolute atomic E-state index is 13.2. The van der Waals surface area contributed by atoms with Gasteiger partial charge in [0.15, 0.2) is 5.78 Å². The minimum absolute atomic E-state index is 0.133. The molecule has 456 valence electrons. The van der Waals surface area contributed by atoms with Crippen molar-refractivity contribution in [1.29, 1.82) is 0 Å². The highest BCUT2D eigenvalue weighted by Crippen LogP contribution is 2.34. The van der Waals surface area contributed by atoms with Crippen LogP contribution < -0.4 is 21.7 Å². The Hall–Kier alpha value is -9.02. The molecule has 23 heteroatoms. The predicted molar refractivity (Wildman–Crippen MR) is 319 cm³/mol. The summed E-state index contributed by atoms with van der Waals surface area (Å²) in [6.07, 6.45) is 2.57. The number of amides is 6. The predicted octanol–water partition coefficient (Wildman–Crippen LogP) is 10.2. The highest BCUT2D eigenvalue weighted by molar-refractivity contribution is 6.05. The molecule has 0 aliphatic carbocycles. The number of ether oxygens (including phenoxy) is 3. The van der Waals surface area contributed by atoms with Gasteiger partial charge in [-0.1, -0.05) is 18.2 Å². The number of aromatic nitrogens is 2. The van der Waals surface area contributed by atoms with Crippen molar-refractivity contribution in [3.05, 3.63) is 118 Å².